The second-order valence-electron chi connectivity index (χ2n) is 2.17. The summed E-state index contributed by atoms with van der Waals surface area (Å²) >= 11 is 4.38. The van der Waals surface area contributed by atoms with E-state index in [-0.39, 0.29) is 100 Å². The molecule has 0 bridgehead atoms. The third-order valence-electron chi connectivity index (χ3n) is 1.32. The van der Waals surface area contributed by atoms with E-state index in [0.29, 0.717) is 0 Å². The fraction of sp³-hybridized carbons (Fsp3) is 0. The van der Waals surface area contributed by atoms with Gasteiger partial charge in [-0.1, -0.05) is 0 Å². The third kappa shape index (κ3) is 4.61. The molecule has 4 N–H and O–H groups in total. The first kappa shape index (κ1) is 18.0. The van der Waals surface area contributed by atoms with Crippen molar-refractivity contribution in [2.24, 2.45) is 0 Å². The van der Waals surface area contributed by atoms with Crippen LogP contribution in [0.2, 0.25) is 0 Å². The molecule has 14 heavy (non-hydrogen) atoms. The number of benzene rings is 1. The van der Waals surface area contributed by atoms with Crippen LogP contribution in [-0.4, -0.2) is 71.0 Å². The zero-order valence-corrected chi connectivity index (χ0v) is 9.47. The van der Waals surface area contributed by atoms with Crippen LogP contribution in [0, 0.1) is 49.4 Å². The van der Waals surface area contributed by atoms with Crippen LogP contribution in [-0.2, 0) is 0 Å². The van der Waals surface area contributed by atoms with E-state index >= 15 is 0 Å². The maximum absolute atomic E-state index is 8.95. The number of phenols is 3. The Morgan fingerprint density at radius 3 is 1.71 bits per heavy atom. The van der Waals surface area contributed by atoms with E-state index in [4.69, 9.17) is 20.4 Å². The van der Waals surface area contributed by atoms with E-state index < -0.39 is 22.3 Å². The molecule has 0 saturated heterocycles. The molecule has 0 saturated carbocycles. The van der Waals surface area contributed by atoms with Crippen LogP contribution >= 0.6 is 12.2 Å². The van der Waals surface area contributed by atoms with Crippen molar-refractivity contribution in [1.29, 1.82) is 0 Å². The number of hydrogen-bond donors (Lipinski definition) is 4. The molecule has 1 aromatic rings. The molecule has 0 heterocycles. The minimum atomic E-state index is -0.630. The topological polar surface area (TPSA) is 80.9 Å². The molecule has 0 aliphatic carbocycles. The predicted octanol–water partition coefficient (Wildman–Crippen LogP) is 0.121. The van der Waals surface area contributed by atoms with Crippen molar-refractivity contribution in [2.45, 2.75) is 0 Å². The van der Waals surface area contributed by atoms with Crippen LogP contribution in [0.15, 0.2) is 12.1 Å². The number of aliphatic hydroxyl groups excluding tert-OH is 1. The van der Waals surface area contributed by atoms with E-state index in [9.17, 15) is 0 Å². The normalized spacial score (nSPS) is 8.29. The van der Waals surface area contributed by atoms with Crippen molar-refractivity contribution >= 4 is 62.8 Å². The first-order chi connectivity index (χ1) is 5.52. The Bertz CT molecular complexity index is 321. The predicted molar refractivity (Wildman–Crippen MR) is 54.3 cm³/mol. The summed E-state index contributed by atoms with van der Waals surface area (Å²) in [7, 11) is 0. The summed E-state index contributed by atoms with van der Waals surface area (Å²) in [6, 6.07) is 2.11. The van der Waals surface area contributed by atoms with Gasteiger partial charge in [-0.15, -0.1) is 0 Å². The van der Waals surface area contributed by atoms with Gasteiger partial charge >= 0.3 is 45.5 Å². The van der Waals surface area contributed by atoms with Crippen LogP contribution in [0.1, 0.15) is 5.56 Å². The maximum atomic E-state index is 8.95. The van der Waals surface area contributed by atoms with E-state index in [1.807, 2.05) is 0 Å². The van der Waals surface area contributed by atoms with E-state index in [1.54, 1.807) is 0 Å². The Hall–Kier alpha value is 1.57. The van der Waals surface area contributed by atoms with Gasteiger partial charge in [-0.25, -0.2) is 0 Å². The van der Waals surface area contributed by atoms with Crippen molar-refractivity contribution in [2.75, 3.05) is 0 Å². The second-order valence-corrected chi connectivity index (χ2v) is 2.55. The van der Waals surface area contributed by atoms with Crippen molar-refractivity contribution in [3.63, 3.8) is 0 Å². The zero-order chi connectivity index (χ0) is 9.30. The number of phenolic OH excluding ortho intramolecular Hbond substituents is 3. The number of hydrogen-bond acceptors (Lipinski definition) is 4. The standard InChI is InChI=1S/C7H6O4S.Eu.Sr.2H/c8-4-1-3(7(11)12)2-5(9)6(4)10;;;;/h1-2,8-10H,(H,11,12);;;;. The van der Waals surface area contributed by atoms with Crippen LogP contribution in [0.4, 0.5) is 0 Å². The molecule has 4 nitrogen and oxygen atoms in total. The van der Waals surface area contributed by atoms with Gasteiger partial charge in [-0.05, 0) is 24.4 Å². The van der Waals surface area contributed by atoms with Crippen molar-refractivity contribution in [1.82, 2.24) is 0 Å². The van der Waals surface area contributed by atoms with E-state index in [0.717, 1.165) is 12.1 Å². The Balaban J connectivity index is 0. The van der Waals surface area contributed by atoms with Gasteiger partial charge in [-0.2, -0.15) is 0 Å². The minimum absolute atomic E-state index is 0. The molecule has 0 atom stereocenters. The summed E-state index contributed by atoms with van der Waals surface area (Å²) in [5, 5.41) is 35.1. The quantitative estimate of drug-likeness (QED) is 0.291. The van der Waals surface area contributed by atoms with Gasteiger partial charge in [0.2, 0.25) is 0 Å². The first-order valence-electron chi connectivity index (χ1n) is 3.00. The Kier molecular flexibility index (Phi) is 9.98. The molecule has 1 aromatic carbocycles. The summed E-state index contributed by atoms with van der Waals surface area (Å²) in [6.07, 6.45) is 0. The molecule has 1 radical (unpaired) electrons. The molecule has 0 unspecified atom stereocenters. The average Bonchev–Trinajstić information content (AvgIpc) is 1.99. The molecule has 7 heteroatoms. The number of thiocarbonyl (C=S) groups is 1. The zero-order valence-electron chi connectivity index (χ0n) is 6.23. The second kappa shape index (κ2) is 7.78. The third-order valence-corrected chi connectivity index (χ3v) is 1.55. The van der Waals surface area contributed by atoms with Crippen molar-refractivity contribution in [3.8, 4) is 17.2 Å². The van der Waals surface area contributed by atoms with Crippen LogP contribution in [0.3, 0.4) is 0 Å². The Labute approximate surface area is 164 Å². The van der Waals surface area contributed by atoms with E-state index in [1.165, 1.54) is 0 Å². The van der Waals surface area contributed by atoms with Gasteiger partial charge in [0.15, 0.2) is 22.3 Å². The summed E-state index contributed by atoms with van der Waals surface area (Å²) in [5.74, 6) is -1.68. The van der Waals surface area contributed by atoms with Crippen molar-refractivity contribution in [3.05, 3.63) is 17.7 Å². The summed E-state index contributed by atoms with van der Waals surface area (Å²) < 4.78 is 0. The van der Waals surface area contributed by atoms with E-state index in [2.05, 4.69) is 12.2 Å². The van der Waals surface area contributed by atoms with Crippen LogP contribution in [0.25, 0.3) is 0 Å². The molecule has 1 rings (SSSR count). The van der Waals surface area contributed by atoms with Gasteiger partial charge in [0.05, 0.1) is 0 Å². The number of aromatic hydroxyl groups is 3. The van der Waals surface area contributed by atoms with Gasteiger partial charge in [0.25, 0.3) is 0 Å². The summed E-state index contributed by atoms with van der Waals surface area (Å²) in [5.41, 5.74) is 0.0813. The van der Waals surface area contributed by atoms with Crippen molar-refractivity contribution < 1.29 is 69.8 Å². The number of rotatable bonds is 1. The molecule has 0 aliphatic rings. The summed E-state index contributed by atoms with van der Waals surface area (Å²) in [6.45, 7) is 0. The molecular weight excluding hydrogens is 420 g/mol. The van der Waals surface area contributed by atoms with Gasteiger partial charge in [-0.3, -0.25) is 0 Å². The number of aliphatic hydroxyl groups is 1. The molecule has 0 aliphatic heterocycles. The molecular formula is C7H8EuO4SSr. The molecule has 75 valence electrons. The SMILES string of the molecule is OC(=S)c1cc(O)c(O)c(O)c1.[Eu].[SrH2]. The van der Waals surface area contributed by atoms with Gasteiger partial charge in [0, 0.05) is 54.9 Å². The average molecular weight is 428 g/mol. The Morgan fingerprint density at radius 1 is 1.07 bits per heavy atom. The Morgan fingerprint density at radius 2 is 1.43 bits per heavy atom. The van der Waals surface area contributed by atoms with Crippen LogP contribution in [0.5, 0.6) is 17.2 Å². The van der Waals surface area contributed by atoms with Gasteiger partial charge < -0.3 is 20.4 Å². The summed E-state index contributed by atoms with van der Waals surface area (Å²) in [4.78, 5) is 0. The molecule has 0 aromatic heterocycles. The van der Waals surface area contributed by atoms with Crippen LogP contribution < -0.4 is 0 Å². The monoisotopic (exact) mass is 429 g/mol. The fourth-order valence-electron chi connectivity index (χ4n) is 0.728. The molecule has 0 fully saturated rings. The molecule has 0 amide bonds. The molecule has 0 spiro atoms. The first-order valence-corrected chi connectivity index (χ1v) is 3.41. The fourth-order valence-corrected chi connectivity index (χ4v) is 0.846. The van der Waals surface area contributed by atoms with Gasteiger partial charge in [0.1, 0.15) is 0 Å².